The van der Waals surface area contributed by atoms with Gasteiger partial charge in [-0.05, 0) is 36.3 Å². The zero-order valence-corrected chi connectivity index (χ0v) is 17.3. The van der Waals surface area contributed by atoms with E-state index in [9.17, 15) is 9.59 Å². The van der Waals surface area contributed by atoms with Crippen LogP contribution < -0.4 is 5.73 Å². The molecular formula is C20H26Cl2N4O2. The second kappa shape index (κ2) is 9.54. The normalized spacial score (nSPS) is 21.5. The van der Waals surface area contributed by atoms with Gasteiger partial charge in [-0.1, -0.05) is 12.1 Å². The molecule has 3 heterocycles. The third-order valence-electron chi connectivity index (χ3n) is 5.71. The number of fused-ring (bicyclic) bond motifs is 2. The molecule has 0 aliphatic carbocycles. The second-order valence-electron chi connectivity index (χ2n) is 7.18. The summed E-state index contributed by atoms with van der Waals surface area (Å²) in [5.74, 6) is 0.620. The molecule has 2 amide bonds. The molecule has 2 N–H and O–H groups in total. The summed E-state index contributed by atoms with van der Waals surface area (Å²) in [5, 5.41) is 1.92. The number of piperidine rings is 2. The summed E-state index contributed by atoms with van der Waals surface area (Å²) in [7, 11) is 0. The number of benzene rings is 1. The molecule has 28 heavy (non-hydrogen) atoms. The molecule has 2 fully saturated rings. The lowest BCUT2D eigenvalue weighted by Crippen LogP contribution is -2.57. The average molecular weight is 425 g/mol. The lowest BCUT2D eigenvalue weighted by Gasteiger charge is -2.47. The molecule has 6 nitrogen and oxygen atoms in total. The maximum Gasteiger partial charge on any atom is 0.254 e. The fourth-order valence-corrected chi connectivity index (χ4v) is 4.44. The Kier molecular flexibility index (Phi) is 7.63. The van der Waals surface area contributed by atoms with Gasteiger partial charge in [-0.2, -0.15) is 0 Å². The van der Waals surface area contributed by atoms with E-state index in [4.69, 9.17) is 5.73 Å². The van der Waals surface area contributed by atoms with Gasteiger partial charge in [-0.25, -0.2) is 0 Å². The van der Waals surface area contributed by atoms with Gasteiger partial charge in [0.2, 0.25) is 5.91 Å². The van der Waals surface area contributed by atoms with Crippen LogP contribution in [-0.4, -0.2) is 58.8 Å². The standard InChI is InChI=1S/C20H24N4O2.2ClH/c21-8-11-24-18-7-10-23(13-15(18)4-5-19(24)25)20(26)17-3-1-2-14-12-22-9-6-16(14)17;;/h1-3,6,9,12,15,18H,4-5,7-8,10-11,13,21H2;2*1H/t15-,18+;;/m0../s1. The lowest BCUT2D eigenvalue weighted by molar-refractivity contribution is -0.140. The Balaban J connectivity index is 0.00000140. The number of rotatable bonds is 3. The van der Waals surface area contributed by atoms with E-state index in [2.05, 4.69) is 4.98 Å². The Morgan fingerprint density at radius 1 is 1.21 bits per heavy atom. The van der Waals surface area contributed by atoms with Gasteiger partial charge in [-0.15, -0.1) is 24.8 Å². The summed E-state index contributed by atoms with van der Waals surface area (Å²) in [6, 6.07) is 7.90. The van der Waals surface area contributed by atoms with Crippen molar-refractivity contribution in [2.24, 2.45) is 11.7 Å². The van der Waals surface area contributed by atoms with E-state index in [1.165, 1.54) is 0 Å². The van der Waals surface area contributed by atoms with Gasteiger partial charge in [0.15, 0.2) is 0 Å². The molecule has 152 valence electrons. The predicted molar refractivity (Wildman–Crippen MR) is 114 cm³/mol. The van der Waals surface area contributed by atoms with E-state index in [0.29, 0.717) is 38.5 Å². The van der Waals surface area contributed by atoms with Gasteiger partial charge in [-0.3, -0.25) is 14.6 Å². The van der Waals surface area contributed by atoms with E-state index < -0.39 is 0 Å². The van der Waals surface area contributed by atoms with Crippen molar-refractivity contribution in [1.29, 1.82) is 0 Å². The van der Waals surface area contributed by atoms with E-state index in [1.54, 1.807) is 12.4 Å². The van der Waals surface area contributed by atoms with Gasteiger partial charge in [0.05, 0.1) is 0 Å². The van der Waals surface area contributed by atoms with Crippen LogP contribution in [0.2, 0.25) is 0 Å². The van der Waals surface area contributed by atoms with Gasteiger partial charge in [0.1, 0.15) is 0 Å². The van der Waals surface area contributed by atoms with Crippen molar-refractivity contribution in [1.82, 2.24) is 14.8 Å². The molecule has 0 saturated carbocycles. The fourth-order valence-electron chi connectivity index (χ4n) is 4.44. The first kappa shape index (κ1) is 22.4. The number of amides is 2. The summed E-state index contributed by atoms with van der Waals surface area (Å²) in [6.45, 7) is 2.49. The highest BCUT2D eigenvalue weighted by molar-refractivity contribution is 6.06. The van der Waals surface area contributed by atoms with E-state index >= 15 is 0 Å². The van der Waals surface area contributed by atoms with E-state index in [-0.39, 0.29) is 42.7 Å². The molecule has 1 aromatic heterocycles. The minimum atomic E-state index is 0. The highest BCUT2D eigenvalue weighted by Crippen LogP contribution is 2.32. The highest BCUT2D eigenvalue weighted by atomic mass is 35.5. The van der Waals surface area contributed by atoms with E-state index in [1.807, 2.05) is 34.1 Å². The Bertz CT molecular complexity index is 843. The fraction of sp³-hybridized carbons (Fsp3) is 0.450. The number of halogens is 2. The largest absolute Gasteiger partial charge is 0.338 e. The van der Waals surface area contributed by atoms with E-state index in [0.717, 1.165) is 29.2 Å². The topological polar surface area (TPSA) is 79.5 Å². The second-order valence-corrected chi connectivity index (χ2v) is 7.18. The average Bonchev–Trinajstić information content (AvgIpc) is 2.69. The molecule has 4 rings (SSSR count). The van der Waals surface area contributed by atoms with Crippen molar-refractivity contribution in [2.45, 2.75) is 25.3 Å². The molecule has 0 unspecified atom stereocenters. The molecule has 2 atom stereocenters. The maximum atomic E-state index is 13.2. The monoisotopic (exact) mass is 424 g/mol. The van der Waals surface area contributed by atoms with Gasteiger partial charge >= 0.3 is 0 Å². The molecule has 2 aliphatic rings. The van der Waals surface area contributed by atoms with Crippen molar-refractivity contribution < 1.29 is 9.59 Å². The van der Waals surface area contributed by atoms with Crippen molar-refractivity contribution in [2.75, 3.05) is 26.2 Å². The Morgan fingerprint density at radius 2 is 2.04 bits per heavy atom. The lowest BCUT2D eigenvalue weighted by atomic mass is 9.83. The molecule has 2 aliphatic heterocycles. The van der Waals surface area contributed by atoms with Gasteiger partial charge in [0.25, 0.3) is 5.91 Å². The van der Waals surface area contributed by atoms with Crippen LogP contribution in [0.3, 0.4) is 0 Å². The Labute approximate surface area is 177 Å². The Morgan fingerprint density at radius 3 is 2.82 bits per heavy atom. The number of hydrogen-bond acceptors (Lipinski definition) is 4. The van der Waals surface area contributed by atoms with Crippen molar-refractivity contribution >= 4 is 47.4 Å². The summed E-state index contributed by atoms with van der Waals surface area (Å²) in [4.78, 5) is 33.4. The minimum Gasteiger partial charge on any atom is -0.338 e. The van der Waals surface area contributed by atoms with Crippen molar-refractivity contribution in [3.63, 3.8) is 0 Å². The van der Waals surface area contributed by atoms with Gasteiger partial charge in [0, 0.05) is 62.0 Å². The number of aromatic nitrogens is 1. The first-order valence-corrected chi connectivity index (χ1v) is 9.30. The molecular weight excluding hydrogens is 399 g/mol. The predicted octanol–water partition coefficient (Wildman–Crippen LogP) is 2.49. The summed E-state index contributed by atoms with van der Waals surface area (Å²) in [5.41, 5.74) is 6.41. The quantitative estimate of drug-likeness (QED) is 0.820. The van der Waals surface area contributed by atoms with Crippen molar-refractivity contribution in [3.8, 4) is 0 Å². The maximum absolute atomic E-state index is 13.2. The highest BCUT2D eigenvalue weighted by Gasteiger charge is 2.40. The van der Waals surface area contributed by atoms with Crippen molar-refractivity contribution in [3.05, 3.63) is 42.2 Å². The number of nitrogens with two attached hydrogens (primary N) is 1. The summed E-state index contributed by atoms with van der Waals surface area (Å²) >= 11 is 0. The van der Waals surface area contributed by atoms with Crippen LogP contribution >= 0.6 is 24.8 Å². The Hall–Kier alpha value is -1.89. The number of likely N-dealkylation sites (tertiary alicyclic amines) is 2. The number of pyridine rings is 1. The zero-order valence-electron chi connectivity index (χ0n) is 15.6. The molecule has 2 saturated heterocycles. The molecule has 0 bridgehead atoms. The molecule has 0 spiro atoms. The van der Waals surface area contributed by atoms with Crippen LogP contribution in [0.25, 0.3) is 10.8 Å². The molecule has 1 aromatic carbocycles. The van der Waals surface area contributed by atoms with Gasteiger partial charge < -0.3 is 15.5 Å². The third kappa shape index (κ3) is 4.09. The summed E-state index contributed by atoms with van der Waals surface area (Å²) in [6.07, 6.45) is 5.75. The SMILES string of the molecule is Cl.Cl.NCCN1C(=O)CC[C@H]2CN(C(=O)c3cccc4cnccc34)CC[C@H]21. The molecule has 0 radical (unpaired) electrons. The first-order valence-electron chi connectivity index (χ1n) is 9.30. The van der Waals surface area contributed by atoms with Crippen LogP contribution in [0.5, 0.6) is 0 Å². The van der Waals surface area contributed by atoms with Crippen LogP contribution in [0.4, 0.5) is 0 Å². The smallest absolute Gasteiger partial charge is 0.254 e. The number of nitrogens with zero attached hydrogens (tertiary/aromatic N) is 3. The minimum absolute atomic E-state index is 0. The van der Waals surface area contributed by atoms with Crippen LogP contribution in [0.15, 0.2) is 36.7 Å². The zero-order chi connectivity index (χ0) is 18.1. The first-order chi connectivity index (χ1) is 12.7. The molecule has 8 heteroatoms. The van der Waals surface area contributed by atoms with Crippen LogP contribution in [0.1, 0.15) is 29.6 Å². The van der Waals surface area contributed by atoms with Crippen LogP contribution in [-0.2, 0) is 4.79 Å². The summed E-state index contributed by atoms with van der Waals surface area (Å²) < 4.78 is 0. The number of hydrogen-bond donors (Lipinski definition) is 1. The number of carbonyl (C=O) groups excluding carboxylic acids is 2. The molecule has 2 aromatic rings. The third-order valence-corrected chi connectivity index (χ3v) is 5.71. The number of carbonyl (C=O) groups is 2. The van der Waals surface area contributed by atoms with Crippen LogP contribution in [0, 0.1) is 5.92 Å².